The van der Waals surface area contributed by atoms with Crippen molar-refractivity contribution < 1.29 is 9.84 Å². The van der Waals surface area contributed by atoms with E-state index >= 15 is 0 Å². The zero-order valence-electron chi connectivity index (χ0n) is 11.8. The van der Waals surface area contributed by atoms with Gasteiger partial charge < -0.3 is 9.84 Å². The van der Waals surface area contributed by atoms with E-state index in [1.54, 1.807) is 0 Å². The zero-order chi connectivity index (χ0) is 13.5. The fraction of sp³-hybridized carbons (Fsp3) is 0.625. The summed E-state index contributed by atoms with van der Waals surface area (Å²) in [4.78, 5) is 2.48. The summed E-state index contributed by atoms with van der Waals surface area (Å²) in [5.41, 5.74) is 1.15. The van der Waals surface area contributed by atoms with Crippen molar-refractivity contribution in [3.8, 4) is 5.75 Å². The van der Waals surface area contributed by atoms with Gasteiger partial charge in [-0.3, -0.25) is 4.90 Å². The lowest BCUT2D eigenvalue weighted by Gasteiger charge is -2.26. The SMILES string of the molecule is CC(O)Cc1ccc(OCCN2CCCCC2)cc1. The molecule has 1 fully saturated rings. The molecule has 1 heterocycles. The maximum Gasteiger partial charge on any atom is 0.119 e. The molecule has 1 aromatic rings. The molecule has 0 saturated carbocycles. The molecule has 1 atom stereocenters. The number of benzene rings is 1. The van der Waals surface area contributed by atoms with Crippen molar-refractivity contribution >= 4 is 0 Å². The number of hydrogen-bond donors (Lipinski definition) is 1. The Morgan fingerprint density at radius 2 is 1.84 bits per heavy atom. The van der Waals surface area contributed by atoms with Gasteiger partial charge >= 0.3 is 0 Å². The quantitative estimate of drug-likeness (QED) is 0.856. The topological polar surface area (TPSA) is 32.7 Å². The van der Waals surface area contributed by atoms with Crippen molar-refractivity contribution in [1.29, 1.82) is 0 Å². The fourth-order valence-corrected chi connectivity index (χ4v) is 2.54. The number of piperidine rings is 1. The van der Waals surface area contributed by atoms with Crippen molar-refractivity contribution in [2.75, 3.05) is 26.2 Å². The van der Waals surface area contributed by atoms with Gasteiger partial charge in [0.15, 0.2) is 0 Å². The average molecular weight is 263 g/mol. The van der Waals surface area contributed by atoms with Crippen LogP contribution in [0.2, 0.25) is 0 Å². The normalized spacial score (nSPS) is 18.2. The van der Waals surface area contributed by atoms with Gasteiger partial charge in [0.2, 0.25) is 0 Å². The van der Waals surface area contributed by atoms with Crippen LogP contribution in [0, 0.1) is 0 Å². The van der Waals surface area contributed by atoms with Crippen LogP contribution >= 0.6 is 0 Å². The standard InChI is InChI=1S/C16H25NO2/c1-14(18)13-15-5-7-16(8-6-15)19-12-11-17-9-3-2-4-10-17/h5-8,14,18H,2-4,9-13H2,1H3. The average Bonchev–Trinajstić information content (AvgIpc) is 2.41. The Kier molecular flexibility index (Phi) is 5.67. The minimum absolute atomic E-state index is 0.286. The molecule has 0 aliphatic carbocycles. The molecule has 1 saturated heterocycles. The first-order valence-corrected chi connectivity index (χ1v) is 7.36. The Labute approximate surface area is 116 Å². The molecule has 0 aromatic heterocycles. The molecule has 1 aliphatic heterocycles. The first-order valence-electron chi connectivity index (χ1n) is 7.36. The van der Waals surface area contributed by atoms with Gasteiger partial charge in [0.1, 0.15) is 12.4 Å². The highest BCUT2D eigenvalue weighted by Gasteiger charge is 2.09. The predicted octanol–water partition coefficient (Wildman–Crippen LogP) is 2.47. The van der Waals surface area contributed by atoms with Crippen molar-refractivity contribution in [2.24, 2.45) is 0 Å². The summed E-state index contributed by atoms with van der Waals surface area (Å²) in [6, 6.07) is 8.05. The summed E-state index contributed by atoms with van der Waals surface area (Å²) < 4.78 is 5.76. The highest BCUT2D eigenvalue weighted by molar-refractivity contribution is 5.27. The third kappa shape index (κ3) is 5.21. The summed E-state index contributed by atoms with van der Waals surface area (Å²) in [7, 11) is 0. The minimum Gasteiger partial charge on any atom is -0.492 e. The highest BCUT2D eigenvalue weighted by atomic mass is 16.5. The maximum atomic E-state index is 9.32. The van der Waals surface area contributed by atoms with E-state index in [2.05, 4.69) is 4.90 Å². The number of rotatable bonds is 6. The highest BCUT2D eigenvalue weighted by Crippen LogP contribution is 2.14. The first kappa shape index (κ1) is 14.4. The second-order valence-corrected chi connectivity index (χ2v) is 5.45. The zero-order valence-corrected chi connectivity index (χ0v) is 11.8. The van der Waals surface area contributed by atoms with Crippen LogP contribution in [0.5, 0.6) is 5.75 Å². The number of likely N-dealkylation sites (tertiary alicyclic amines) is 1. The molecule has 106 valence electrons. The molecule has 0 bridgehead atoms. The molecular weight excluding hydrogens is 238 g/mol. The molecule has 0 amide bonds. The van der Waals surface area contributed by atoms with Gasteiger partial charge in [0.25, 0.3) is 0 Å². The van der Waals surface area contributed by atoms with E-state index in [1.807, 2.05) is 31.2 Å². The van der Waals surface area contributed by atoms with E-state index in [0.717, 1.165) is 24.5 Å². The Morgan fingerprint density at radius 3 is 2.47 bits per heavy atom. The summed E-state index contributed by atoms with van der Waals surface area (Å²) in [6.45, 7) is 6.03. The lowest BCUT2D eigenvalue weighted by Crippen LogP contribution is -2.33. The third-order valence-corrected chi connectivity index (χ3v) is 3.58. The molecule has 19 heavy (non-hydrogen) atoms. The van der Waals surface area contributed by atoms with Crippen molar-refractivity contribution in [3.05, 3.63) is 29.8 Å². The van der Waals surface area contributed by atoms with E-state index < -0.39 is 0 Å². The fourth-order valence-electron chi connectivity index (χ4n) is 2.54. The molecule has 1 N–H and O–H groups in total. The summed E-state index contributed by atoms with van der Waals surface area (Å²) >= 11 is 0. The minimum atomic E-state index is -0.286. The second kappa shape index (κ2) is 7.51. The number of aliphatic hydroxyl groups is 1. The van der Waals surface area contributed by atoms with Crippen LogP contribution in [0.1, 0.15) is 31.7 Å². The molecule has 3 nitrogen and oxygen atoms in total. The van der Waals surface area contributed by atoms with Gasteiger partial charge in [0, 0.05) is 6.54 Å². The van der Waals surface area contributed by atoms with Gasteiger partial charge in [-0.15, -0.1) is 0 Å². The van der Waals surface area contributed by atoms with Gasteiger partial charge in [-0.1, -0.05) is 18.6 Å². The molecule has 3 heteroatoms. The van der Waals surface area contributed by atoms with Crippen LogP contribution in [0.15, 0.2) is 24.3 Å². The largest absolute Gasteiger partial charge is 0.492 e. The third-order valence-electron chi connectivity index (χ3n) is 3.58. The number of ether oxygens (including phenoxy) is 1. The second-order valence-electron chi connectivity index (χ2n) is 5.45. The summed E-state index contributed by atoms with van der Waals surface area (Å²) in [5.74, 6) is 0.923. The van der Waals surface area contributed by atoms with Crippen LogP contribution in [0.4, 0.5) is 0 Å². The van der Waals surface area contributed by atoms with Crippen LogP contribution < -0.4 is 4.74 Å². The van der Waals surface area contributed by atoms with E-state index in [4.69, 9.17) is 4.74 Å². The van der Waals surface area contributed by atoms with Gasteiger partial charge in [-0.05, 0) is 57.0 Å². The van der Waals surface area contributed by atoms with Crippen molar-refractivity contribution in [1.82, 2.24) is 4.90 Å². The van der Waals surface area contributed by atoms with Gasteiger partial charge in [-0.25, -0.2) is 0 Å². The Hall–Kier alpha value is -1.06. The molecular formula is C16H25NO2. The Balaban J connectivity index is 1.70. The maximum absolute atomic E-state index is 9.32. The van der Waals surface area contributed by atoms with E-state index in [-0.39, 0.29) is 6.10 Å². The van der Waals surface area contributed by atoms with E-state index in [9.17, 15) is 5.11 Å². The molecule has 0 radical (unpaired) electrons. The first-order chi connectivity index (χ1) is 9.24. The lowest BCUT2D eigenvalue weighted by atomic mass is 10.1. The van der Waals surface area contributed by atoms with Gasteiger partial charge in [0.05, 0.1) is 6.10 Å². The molecule has 1 unspecified atom stereocenters. The lowest BCUT2D eigenvalue weighted by molar-refractivity contribution is 0.183. The van der Waals surface area contributed by atoms with Crippen molar-refractivity contribution in [3.63, 3.8) is 0 Å². The Morgan fingerprint density at radius 1 is 1.16 bits per heavy atom. The van der Waals surface area contributed by atoms with Crippen LogP contribution in [0.3, 0.4) is 0 Å². The van der Waals surface area contributed by atoms with Gasteiger partial charge in [-0.2, -0.15) is 0 Å². The Bertz CT molecular complexity index is 356. The molecule has 1 aromatic carbocycles. The number of aliphatic hydroxyl groups excluding tert-OH is 1. The predicted molar refractivity (Wildman–Crippen MR) is 77.6 cm³/mol. The van der Waals surface area contributed by atoms with E-state index in [1.165, 1.54) is 32.4 Å². The van der Waals surface area contributed by atoms with E-state index in [0.29, 0.717) is 6.42 Å². The van der Waals surface area contributed by atoms with Crippen LogP contribution in [-0.4, -0.2) is 42.4 Å². The molecule has 0 spiro atoms. The van der Waals surface area contributed by atoms with Crippen molar-refractivity contribution in [2.45, 2.75) is 38.7 Å². The summed E-state index contributed by atoms with van der Waals surface area (Å²) in [5, 5.41) is 9.32. The molecule has 2 rings (SSSR count). The van der Waals surface area contributed by atoms with Crippen LogP contribution in [0.25, 0.3) is 0 Å². The number of hydrogen-bond acceptors (Lipinski definition) is 3. The smallest absolute Gasteiger partial charge is 0.119 e. The number of nitrogens with zero attached hydrogens (tertiary/aromatic N) is 1. The van der Waals surface area contributed by atoms with Crippen LogP contribution in [-0.2, 0) is 6.42 Å². The summed E-state index contributed by atoms with van der Waals surface area (Å²) in [6.07, 6.45) is 4.45. The monoisotopic (exact) mass is 263 g/mol. The molecule has 1 aliphatic rings.